The van der Waals surface area contributed by atoms with Crippen molar-refractivity contribution in [1.29, 1.82) is 0 Å². The summed E-state index contributed by atoms with van der Waals surface area (Å²) in [5, 5.41) is 0. The lowest BCUT2D eigenvalue weighted by atomic mass is 9.80. The summed E-state index contributed by atoms with van der Waals surface area (Å²) >= 11 is 0. The molecule has 11 heteroatoms. The zero-order valence-corrected chi connectivity index (χ0v) is 24.4. The second-order valence-electron chi connectivity index (χ2n) is 11.4. The van der Waals surface area contributed by atoms with Crippen molar-refractivity contribution in [1.82, 2.24) is 0 Å². The molecule has 0 amide bonds. The quantitative estimate of drug-likeness (QED) is 0.176. The Morgan fingerprint density at radius 3 is 1.70 bits per heavy atom. The van der Waals surface area contributed by atoms with Crippen molar-refractivity contribution in [3.63, 3.8) is 0 Å². The van der Waals surface area contributed by atoms with Gasteiger partial charge >= 0.3 is 0 Å². The number of halogens is 8. The van der Waals surface area contributed by atoms with Crippen molar-refractivity contribution < 1.29 is 49.3 Å². The SMILES string of the molecule is CCOc1ccc(-c2ccc(CC(F)(F)COc3ccc(OCC(F)(F)CC4CCC(C)CC4)c(F)c3F)cc2)c(F)c1F. The molecular formula is C33H34F8O3. The first-order chi connectivity index (χ1) is 20.8. The molecule has 0 bridgehead atoms. The third-order valence-electron chi connectivity index (χ3n) is 7.69. The van der Waals surface area contributed by atoms with Crippen molar-refractivity contribution in [2.75, 3.05) is 19.8 Å². The second-order valence-corrected chi connectivity index (χ2v) is 11.4. The Morgan fingerprint density at radius 1 is 0.636 bits per heavy atom. The van der Waals surface area contributed by atoms with Gasteiger partial charge in [-0.1, -0.05) is 44.0 Å². The average Bonchev–Trinajstić information content (AvgIpc) is 2.97. The molecule has 44 heavy (non-hydrogen) atoms. The molecule has 3 aromatic carbocycles. The fourth-order valence-corrected chi connectivity index (χ4v) is 5.29. The number of ether oxygens (including phenoxy) is 3. The molecule has 0 spiro atoms. The highest BCUT2D eigenvalue weighted by Crippen LogP contribution is 2.37. The third-order valence-corrected chi connectivity index (χ3v) is 7.69. The largest absolute Gasteiger partial charge is 0.491 e. The average molecular weight is 631 g/mol. The summed E-state index contributed by atoms with van der Waals surface area (Å²) in [6, 6.07) is 9.56. The smallest absolute Gasteiger partial charge is 0.285 e. The van der Waals surface area contributed by atoms with E-state index < -0.39 is 72.7 Å². The molecule has 1 aliphatic rings. The molecule has 1 saturated carbocycles. The number of alkyl halides is 4. The van der Waals surface area contributed by atoms with Gasteiger partial charge in [-0.15, -0.1) is 0 Å². The fraction of sp³-hybridized carbons (Fsp3) is 0.455. The highest BCUT2D eigenvalue weighted by atomic mass is 19.3. The zero-order valence-electron chi connectivity index (χ0n) is 24.4. The minimum absolute atomic E-state index is 0.0832. The van der Waals surface area contributed by atoms with Crippen LogP contribution in [0.3, 0.4) is 0 Å². The highest BCUT2D eigenvalue weighted by molar-refractivity contribution is 5.65. The van der Waals surface area contributed by atoms with Gasteiger partial charge in [0.05, 0.1) is 6.61 Å². The Hall–Kier alpha value is -3.50. The molecule has 0 aromatic heterocycles. The Balaban J connectivity index is 1.32. The molecule has 0 radical (unpaired) electrons. The van der Waals surface area contributed by atoms with Gasteiger partial charge < -0.3 is 14.2 Å². The van der Waals surface area contributed by atoms with Gasteiger partial charge in [-0.25, -0.2) is 22.0 Å². The van der Waals surface area contributed by atoms with E-state index in [1.54, 1.807) is 6.92 Å². The summed E-state index contributed by atoms with van der Waals surface area (Å²) < 4.78 is 131. The van der Waals surface area contributed by atoms with E-state index in [1.165, 1.54) is 36.4 Å². The van der Waals surface area contributed by atoms with E-state index in [4.69, 9.17) is 14.2 Å². The maximum Gasteiger partial charge on any atom is 0.285 e. The van der Waals surface area contributed by atoms with Gasteiger partial charge in [0.25, 0.3) is 11.8 Å². The summed E-state index contributed by atoms with van der Waals surface area (Å²) in [6.07, 6.45) is 1.80. The van der Waals surface area contributed by atoms with Crippen molar-refractivity contribution in [3.05, 3.63) is 77.4 Å². The van der Waals surface area contributed by atoms with Crippen LogP contribution >= 0.6 is 0 Å². The lowest BCUT2D eigenvalue weighted by Crippen LogP contribution is -2.30. The number of hydrogen-bond acceptors (Lipinski definition) is 3. The molecule has 0 heterocycles. The second kappa shape index (κ2) is 14.1. The van der Waals surface area contributed by atoms with Gasteiger partial charge in [0.1, 0.15) is 0 Å². The van der Waals surface area contributed by atoms with Crippen LogP contribution in [0.2, 0.25) is 0 Å². The van der Waals surface area contributed by atoms with E-state index in [0.29, 0.717) is 18.8 Å². The lowest BCUT2D eigenvalue weighted by Gasteiger charge is -2.29. The van der Waals surface area contributed by atoms with Gasteiger partial charge in [-0.2, -0.15) is 13.2 Å². The normalized spacial score (nSPS) is 17.4. The molecule has 3 aromatic rings. The fourth-order valence-electron chi connectivity index (χ4n) is 5.29. The monoisotopic (exact) mass is 630 g/mol. The summed E-state index contributed by atoms with van der Waals surface area (Å²) in [6.45, 7) is 1.37. The van der Waals surface area contributed by atoms with E-state index in [1.807, 2.05) is 0 Å². The molecule has 0 unspecified atom stereocenters. The summed E-state index contributed by atoms with van der Waals surface area (Å²) in [5.74, 6) is -13.9. The number of benzene rings is 3. The van der Waals surface area contributed by atoms with Gasteiger partial charge in [0.2, 0.25) is 17.5 Å². The van der Waals surface area contributed by atoms with Gasteiger partial charge in [-0.3, -0.25) is 0 Å². The van der Waals surface area contributed by atoms with Gasteiger partial charge in [0.15, 0.2) is 36.3 Å². The van der Waals surface area contributed by atoms with Crippen molar-refractivity contribution in [3.8, 4) is 28.4 Å². The van der Waals surface area contributed by atoms with Crippen LogP contribution < -0.4 is 14.2 Å². The van der Waals surface area contributed by atoms with Crippen molar-refractivity contribution in [2.45, 2.75) is 64.2 Å². The first-order valence-corrected chi connectivity index (χ1v) is 14.5. The van der Waals surface area contributed by atoms with E-state index in [2.05, 4.69) is 6.92 Å². The van der Waals surface area contributed by atoms with Crippen LogP contribution in [-0.4, -0.2) is 31.7 Å². The van der Waals surface area contributed by atoms with Crippen LogP contribution in [0.25, 0.3) is 11.1 Å². The Morgan fingerprint density at radius 2 is 1.14 bits per heavy atom. The third kappa shape index (κ3) is 8.57. The number of hydrogen-bond donors (Lipinski definition) is 0. The molecule has 0 aliphatic heterocycles. The predicted molar refractivity (Wildman–Crippen MR) is 150 cm³/mol. The zero-order chi connectivity index (χ0) is 32.1. The van der Waals surface area contributed by atoms with Crippen LogP contribution in [0, 0.1) is 35.1 Å². The van der Waals surface area contributed by atoms with Crippen LogP contribution in [0.15, 0.2) is 48.5 Å². The molecule has 1 aliphatic carbocycles. The van der Waals surface area contributed by atoms with E-state index in [0.717, 1.165) is 25.0 Å². The summed E-state index contributed by atoms with van der Waals surface area (Å²) in [4.78, 5) is 0. The standard InChI is InChI=1S/C33H34F8O3/c1-3-42-25-13-12-24(28(34)29(25)35)23-10-8-22(9-11-23)17-33(40,41)19-44-27-15-14-26(30(36)31(27)37)43-18-32(38,39)16-21-6-4-20(2)5-7-21/h8-15,20-21H,3-7,16-19H2,1-2H3. The van der Waals surface area contributed by atoms with Crippen LogP contribution in [0.5, 0.6) is 17.2 Å². The molecular weight excluding hydrogens is 596 g/mol. The van der Waals surface area contributed by atoms with Crippen molar-refractivity contribution in [2.24, 2.45) is 11.8 Å². The molecule has 0 saturated heterocycles. The predicted octanol–water partition coefficient (Wildman–Crippen LogP) is 9.80. The molecule has 3 nitrogen and oxygen atoms in total. The lowest BCUT2D eigenvalue weighted by molar-refractivity contribution is -0.0648. The van der Waals surface area contributed by atoms with Crippen LogP contribution in [-0.2, 0) is 6.42 Å². The summed E-state index contributed by atoms with van der Waals surface area (Å²) in [7, 11) is 0. The summed E-state index contributed by atoms with van der Waals surface area (Å²) in [5.41, 5.74) is 0.280. The maximum atomic E-state index is 14.7. The van der Waals surface area contributed by atoms with E-state index in [-0.39, 0.29) is 35.0 Å². The van der Waals surface area contributed by atoms with Gasteiger partial charge in [-0.05, 0) is 67.0 Å². The molecule has 1 fully saturated rings. The number of rotatable bonds is 13. The van der Waals surface area contributed by atoms with Crippen molar-refractivity contribution >= 4 is 0 Å². The maximum absolute atomic E-state index is 14.7. The first-order valence-electron chi connectivity index (χ1n) is 14.5. The molecule has 0 N–H and O–H groups in total. The van der Waals surface area contributed by atoms with Crippen LogP contribution in [0.1, 0.15) is 51.5 Å². The van der Waals surface area contributed by atoms with Crippen LogP contribution in [0.4, 0.5) is 35.1 Å². The van der Waals surface area contributed by atoms with E-state index >= 15 is 0 Å². The van der Waals surface area contributed by atoms with Gasteiger partial charge in [0, 0.05) is 18.4 Å². The Kier molecular flexibility index (Phi) is 10.7. The first kappa shape index (κ1) is 33.4. The molecule has 0 atom stereocenters. The Bertz CT molecular complexity index is 1400. The van der Waals surface area contributed by atoms with E-state index in [9.17, 15) is 35.1 Å². The minimum Gasteiger partial charge on any atom is -0.491 e. The molecule has 4 rings (SSSR count). The topological polar surface area (TPSA) is 27.7 Å². The highest BCUT2D eigenvalue weighted by Gasteiger charge is 2.36. The molecule has 240 valence electrons. The minimum atomic E-state index is -3.53. The Labute approximate surface area is 251 Å².